The molecule has 0 N–H and O–H groups in total. The molecule has 1 heterocycles. The SMILES string of the molecule is COC(=S)Cn1ccnc1. The zero-order valence-corrected chi connectivity index (χ0v) is 6.47. The molecule has 54 valence electrons. The van der Waals surface area contributed by atoms with Gasteiger partial charge in [0.2, 0.25) is 0 Å². The highest BCUT2D eigenvalue weighted by Crippen LogP contribution is 1.88. The molecule has 0 spiro atoms. The Morgan fingerprint density at radius 3 is 3.10 bits per heavy atom. The fourth-order valence-electron chi connectivity index (χ4n) is 0.594. The Balaban J connectivity index is 2.48. The summed E-state index contributed by atoms with van der Waals surface area (Å²) in [5.41, 5.74) is 0. The van der Waals surface area contributed by atoms with E-state index in [0.717, 1.165) is 0 Å². The highest BCUT2D eigenvalue weighted by Gasteiger charge is 1.93. The standard InChI is InChI=1S/C6H8N2OS/c1-9-6(10)4-8-3-2-7-5-8/h2-3,5H,4H2,1H3. The second kappa shape index (κ2) is 3.31. The van der Waals surface area contributed by atoms with Gasteiger partial charge in [-0.25, -0.2) is 4.98 Å². The van der Waals surface area contributed by atoms with E-state index < -0.39 is 0 Å². The highest BCUT2D eigenvalue weighted by molar-refractivity contribution is 7.80. The summed E-state index contributed by atoms with van der Waals surface area (Å²) in [5, 5.41) is 0.568. The van der Waals surface area contributed by atoms with Crippen LogP contribution in [-0.4, -0.2) is 21.7 Å². The summed E-state index contributed by atoms with van der Waals surface area (Å²) in [6, 6.07) is 0. The van der Waals surface area contributed by atoms with Gasteiger partial charge in [0.25, 0.3) is 0 Å². The molecule has 1 rings (SSSR count). The topological polar surface area (TPSA) is 27.1 Å². The molecule has 4 heteroatoms. The number of aromatic nitrogens is 2. The van der Waals surface area contributed by atoms with E-state index in [0.29, 0.717) is 11.6 Å². The quantitative estimate of drug-likeness (QED) is 0.594. The van der Waals surface area contributed by atoms with Gasteiger partial charge in [-0.3, -0.25) is 0 Å². The monoisotopic (exact) mass is 156 g/mol. The van der Waals surface area contributed by atoms with Crippen LogP contribution in [0.5, 0.6) is 0 Å². The number of hydrogen-bond acceptors (Lipinski definition) is 3. The maximum absolute atomic E-state index is 4.83. The summed E-state index contributed by atoms with van der Waals surface area (Å²) in [4.78, 5) is 3.86. The Labute approximate surface area is 64.6 Å². The van der Waals surface area contributed by atoms with Gasteiger partial charge in [0, 0.05) is 12.4 Å². The van der Waals surface area contributed by atoms with E-state index in [-0.39, 0.29) is 0 Å². The van der Waals surface area contributed by atoms with Crippen molar-refractivity contribution in [2.75, 3.05) is 7.11 Å². The third kappa shape index (κ3) is 1.80. The summed E-state index contributed by atoms with van der Waals surface area (Å²) >= 11 is 4.83. The summed E-state index contributed by atoms with van der Waals surface area (Å²) in [6.45, 7) is 0.603. The molecule has 0 aliphatic rings. The van der Waals surface area contributed by atoms with Crippen LogP contribution in [0.1, 0.15) is 0 Å². The van der Waals surface area contributed by atoms with Crippen LogP contribution in [0.3, 0.4) is 0 Å². The molecule has 1 aromatic rings. The number of imidazole rings is 1. The van der Waals surface area contributed by atoms with Crippen molar-refractivity contribution in [1.29, 1.82) is 0 Å². The Kier molecular flexibility index (Phi) is 2.39. The second-order valence-corrected chi connectivity index (χ2v) is 2.27. The van der Waals surface area contributed by atoms with Gasteiger partial charge in [0.1, 0.15) is 0 Å². The second-order valence-electron chi connectivity index (χ2n) is 1.81. The molecular formula is C6H8N2OS. The first-order valence-electron chi connectivity index (χ1n) is 2.85. The average Bonchev–Trinajstić information content (AvgIpc) is 2.40. The maximum Gasteiger partial charge on any atom is 0.179 e. The average molecular weight is 156 g/mol. The number of hydrogen-bond donors (Lipinski definition) is 0. The van der Waals surface area contributed by atoms with E-state index in [2.05, 4.69) is 4.98 Å². The molecule has 10 heavy (non-hydrogen) atoms. The van der Waals surface area contributed by atoms with Crippen LogP contribution in [0.4, 0.5) is 0 Å². The minimum Gasteiger partial charge on any atom is -0.488 e. The lowest BCUT2D eigenvalue weighted by Gasteiger charge is -2.00. The number of methoxy groups -OCH3 is 1. The van der Waals surface area contributed by atoms with Crippen molar-refractivity contribution in [3.05, 3.63) is 18.7 Å². The van der Waals surface area contributed by atoms with Gasteiger partial charge in [-0.2, -0.15) is 0 Å². The number of thiocarbonyl (C=S) groups is 1. The van der Waals surface area contributed by atoms with Crippen LogP contribution in [0.15, 0.2) is 18.7 Å². The molecule has 0 saturated carbocycles. The third-order valence-corrected chi connectivity index (χ3v) is 1.39. The highest BCUT2D eigenvalue weighted by atomic mass is 32.1. The van der Waals surface area contributed by atoms with Gasteiger partial charge >= 0.3 is 0 Å². The van der Waals surface area contributed by atoms with Crippen molar-refractivity contribution in [2.45, 2.75) is 6.54 Å². The minimum atomic E-state index is 0.568. The number of ether oxygens (including phenoxy) is 1. The summed E-state index contributed by atoms with van der Waals surface area (Å²) < 4.78 is 6.66. The first kappa shape index (κ1) is 7.21. The van der Waals surface area contributed by atoms with Crippen molar-refractivity contribution in [3.8, 4) is 0 Å². The fraction of sp³-hybridized carbons (Fsp3) is 0.333. The lowest BCUT2D eigenvalue weighted by Crippen LogP contribution is -2.07. The summed E-state index contributed by atoms with van der Waals surface area (Å²) in [6.07, 6.45) is 5.24. The summed E-state index contributed by atoms with van der Waals surface area (Å²) in [5.74, 6) is 0. The molecule has 0 aromatic carbocycles. The van der Waals surface area contributed by atoms with Gasteiger partial charge in [-0.05, 0) is 12.2 Å². The van der Waals surface area contributed by atoms with Gasteiger partial charge < -0.3 is 9.30 Å². The molecule has 0 fully saturated rings. The van der Waals surface area contributed by atoms with E-state index in [4.69, 9.17) is 17.0 Å². The molecule has 0 aliphatic heterocycles. The fourth-order valence-corrected chi connectivity index (χ4v) is 0.743. The Bertz CT molecular complexity index is 208. The van der Waals surface area contributed by atoms with Crippen LogP contribution in [0.2, 0.25) is 0 Å². The molecule has 1 aromatic heterocycles. The lowest BCUT2D eigenvalue weighted by atomic mass is 10.6. The number of nitrogens with zero attached hydrogens (tertiary/aromatic N) is 2. The first-order chi connectivity index (χ1) is 4.83. The summed E-state index contributed by atoms with van der Waals surface area (Å²) in [7, 11) is 1.57. The molecule has 0 amide bonds. The van der Waals surface area contributed by atoms with E-state index >= 15 is 0 Å². The van der Waals surface area contributed by atoms with E-state index in [1.165, 1.54) is 0 Å². The largest absolute Gasteiger partial charge is 0.488 e. The number of rotatable bonds is 2. The normalized spacial score (nSPS) is 9.30. The van der Waals surface area contributed by atoms with Crippen LogP contribution in [-0.2, 0) is 11.3 Å². The Morgan fingerprint density at radius 2 is 2.60 bits per heavy atom. The zero-order valence-electron chi connectivity index (χ0n) is 5.65. The van der Waals surface area contributed by atoms with Crippen molar-refractivity contribution in [3.63, 3.8) is 0 Å². The van der Waals surface area contributed by atoms with Gasteiger partial charge in [-0.1, -0.05) is 0 Å². The molecule has 0 unspecified atom stereocenters. The van der Waals surface area contributed by atoms with Crippen LogP contribution in [0, 0.1) is 0 Å². The first-order valence-corrected chi connectivity index (χ1v) is 3.26. The van der Waals surface area contributed by atoms with Gasteiger partial charge in [0.05, 0.1) is 20.0 Å². The van der Waals surface area contributed by atoms with Crippen LogP contribution in [0.25, 0.3) is 0 Å². The van der Waals surface area contributed by atoms with Crippen LogP contribution >= 0.6 is 12.2 Å². The van der Waals surface area contributed by atoms with E-state index in [1.54, 1.807) is 19.6 Å². The molecule has 0 radical (unpaired) electrons. The predicted octanol–water partition coefficient (Wildman–Crippen LogP) is 0.857. The van der Waals surface area contributed by atoms with Gasteiger partial charge in [-0.15, -0.1) is 0 Å². The third-order valence-electron chi connectivity index (χ3n) is 1.10. The molecule has 0 saturated heterocycles. The molecule has 0 aliphatic carbocycles. The van der Waals surface area contributed by atoms with Crippen LogP contribution < -0.4 is 0 Å². The Hall–Kier alpha value is -0.900. The molecular weight excluding hydrogens is 148 g/mol. The lowest BCUT2D eigenvalue weighted by molar-refractivity contribution is 0.397. The zero-order chi connectivity index (χ0) is 7.40. The minimum absolute atomic E-state index is 0.568. The smallest absolute Gasteiger partial charge is 0.179 e. The Morgan fingerprint density at radius 1 is 1.80 bits per heavy atom. The van der Waals surface area contributed by atoms with Crippen molar-refractivity contribution >= 4 is 17.3 Å². The van der Waals surface area contributed by atoms with E-state index in [9.17, 15) is 0 Å². The molecule has 0 atom stereocenters. The molecule has 0 bridgehead atoms. The van der Waals surface area contributed by atoms with Crippen molar-refractivity contribution in [1.82, 2.24) is 9.55 Å². The predicted molar refractivity (Wildman–Crippen MR) is 41.8 cm³/mol. The van der Waals surface area contributed by atoms with Crippen molar-refractivity contribution < 1.29 is 4.74 Å². The van der Waals surface area contributed by atoms with Crippen molar-refractivity contribution in [2.24, 2.45) is 0 Å². The van der Waals surface area contributed by atoms with Gasteiger partial charge in [0.15, 0.2) is 5.05 Å². The molecule has 3 nitrogen and oxygen atoms in total. The van der Waals surface area contributed by atoms with E-state index in [1.807, 2.05) is 10.8 Å². The maximum atomic E-state index is 4.83.